The largest absolute Gasteiger partial charge is 0.399 e. The van der Waals surface area contributed by atoms with Crippen LogP contribution in [0.4, 0.5) is 17.1 Å². The van der Waals surface area contributed by atoms with Gasteiger partial charge < -0.3 is 17.2 Å². The molecule has 0 spiro atoms. The third-order valence-corrected chi connectivity index (χ3v) is 4.20. The van der Waals surface area contributed by atoms with Gasteiger partial charge >= 0.3 is 0 Å². The number of aldehydes is 1. The van der Waals surface area contributed by atoms with Crippen LogP contribution in [-0.2, 0) is 0 Å². The molecule has 0 fully saturated rings. The van der Waals surface area contributed by atoms with E-state index in [-0.39, 0.29) is 27.9 Å². The second kappa shape index (κ2) is 7.13. The predicted molar refractivity (Wildman–Crippen MR) is 105 cm³/mol. The van der Waals surface area contributed by atoms with Crippen molar-refractivity contribution in [2.75, 3.05) is 17.2 Å². The normalized spacial score (nSPS) is 10.4. The van der Waals surface area contributed by atoms with Crippen molar-refractivity contribution in [2.45, 2.75) is 0 Å². The molecule has 3 aromatic carbocycles. The second-order valence-electron chi connectivity index (χ2n) is 6.01. The third-order valence-electron chi connectivity index (χ3n) is 4.20. The maximum atomic E-state index is 13.1. The minimum Gasteiger partial charge on any atom is -0.399 e. The van der Waals surface area contributed by atoms with Crippen LogP contribution < -0.4 is 17.2 Å². The van der Waals surface area contributed by atoms with Gasteiger partial charge in [0.2, 0.25) is 0 Å². The summed E-state index contributed by atoms with van der Waals surface area (Å²) in [4.78, 5) is 37.3. The first-order chi connectivity index (χ1) is 12.9. The van der Waals surface area contributed by atoms with Gasteiger partial charge in [-0.25, -0.2) is 0 Å². The van der Waals surface area contributed by atoms with Crippen molar-refractivity contribution in [2.24, 2.45) is 0 Å². The molecule has 0 unspecified atom stereocenters. The fraction of sp³-hybridized carbons (Fsp3) is 0. The SMILES string of the molecule is Nc1ccc(C(=O)c2ccc(C=O)c(N)c2C(=O)c2cccc(N)c2)cc1. The van der Waals surface area contributed by atoms with Gasteiger partial charge in [-0.05, 0) is 48.5 Å². The summed E-state index contributed by atoms with van der Waals surface area (Å²) in [6.45, 7) is 0. The van der Waals surface area contributed by atoms with Crippen LogP contribution in [0.1, 0.15) is 42.2 Å². The van der Waals surface area contributed by atoms with Crippen molar-refractivity contribution in [3.8, 4) is 0 Å². The molecule has 6 N–H and O–H groups in total. The fourth-order valence-corrected chi connectivity index (χ4v) is 2.79. The van der Waals surface area contributed by atoms with E-state index in [9.17, 15) is 14.4 Å². The van der Waals surface area contributed by atoms with Crippen molar-refractivity contribution < 1.29 is 14.4 Å². The monoisotopic (exact) mass is 359 g/mol. The van der Waals surface area contributed by atoms with Crippen LogP contribution in [0.15, 0.2) is 60.7 Å². The van der Waals surface area contributed by atoms with E-state index < -0.39 is 11.6 Å². The highest BCUT2D eigenvalue weighted by atomic mass is 16.1. The highest BCUT2D eigenvalue weighted by Crippen LogP contribution is 2.27. The lowest BCUT2D eigenvalue weighted by atomic mass is 9.90. The maximum absolute atomic E-state index is 13.1. The van der Waals surface area contributed by atoms with Gasteiger partial charge in [0.15, 0.2) is 17.9 Å². The van der Waals surface area contributed by atoms with Gasteiger partial charge in [0.25, 0.3) is 0 Å². The predicted octanol–water partition coefficient (Wildman–Crippen LogP) is 2.71. The average Bonchev–Trinajstić information content (AvgIpc) is 2.67. The first-order valence-corrected chi connectivity index (χ1v) is 8.10. The first-order valence-electron chi connectivity index (χ1n) is 8.10. The smallest absolute Gasteiger partial charge is 0.195 e. The molecule has 0 aliphatic heterocycles. The Hall–Kier alpha value is -3.93. The number of nitrogens with two attached hydrogens (primary N) is 3. The van der Waals surface area contributed by atoms with Crippen molar-refractivity contribution in [1.82, 2.24) is 0 Å². The summed E-state index contributed by atoms with van der Waals surface area (Å²) in [5, 5.41) is 0. The Morgan fingerprint density at radius 1 is 0.741 bits per heavy atom. The number of anilines is 3. The van der Waals surface area contributed by atoms with Gasteiger partial charge in [-0.2, -0.15) is 0 Å². The molecule has 0 bridgehead atoms. The third kappa shape index (κ3) is 3.41. The van der Waals surface area contributed by atoms with Gasteiger partial charge in [-0.1, -0.05) is 12.1 Å². The summed E-state index contributed by atoms with van der Waals surface area (Å²) in [6, 6.07) is 15.5. The zero-order valence-electron chi connectivity index (χ0n) is 14.3. The number of benzene rings is 3. The number of carbonyl (C=O) groups is 3. The molecule has 0 saturated heterocycles. The fourth-order valence-electron chi connectivity index (χ4n) is 2.79. The topological polar surface area (TPSA) is 129 Å². The molecule has 0 amide bonds. The van der Waals surface area contributed by atoms with Crippen LogP contribution in [0.3, 0.4) is 0 Å². The van der Waals surface area contributed by atoms with Crippen LogP contribution in [-0.4, -0.2) is 17.9 Å². The zero-order chi connectivity index (χ0) is 19.6. The Balaban J connectivity index is 2.19. The Kier molecular flexibility index (Phi) is 4.72. The number of rotatable bonds is 5. The molecule has 0 saturated carbocycles. The Morgan fingerprint density at radius 3 is 2.07 bits per heavy atom. The molecule has 0 aromatic heterocycles. The number of hydrogen-bond acceptors (Lipinski definition) is 6. The standard InChI is InChI=1S/C21H17N3O3/c22-15-7-4-12(5-8-15)20(26)17-9-6-14(11-25)19(24)18(17)21(27)13-2-1-3-16(23)10-13/h1-11H,22-24H2. The van der Waals surface area contributed by atoms with Gasteiger partial charge in [0, 0.05) is 33.6 Å². The highest BCUT2D eigenvalue weighted by molar-refractivity contribution is 6.23. The molecule has 0 radical (unpaired) electrons. The average molecular weight is 359 g/mol. The summed E-state index contributed by atoms with van der Waals surface area (Å²) in [6.07, 6.45) is 0.545. The summed E-state index contributed by atoms with van der Waals surface area (Å²) >= 11 is 0. The van der Waals surface area contributed by atoms with E-state index >= 15 is 0 Å². The number of ketones is 2. The molecule has 134 valence electrons. The number of nitrogen functional groups attached to an aromatic ring is 3. The first kappa shape index (κ1) is 17.9. The van der Waals surface area contributed by atoms with Gasteiger partial charge in [0.05, 0.1) is 11.3 Å². The summed E-state index contributed by atoms with van der Waals surface area (Å²) in [5.74, 6) is -0.881. The van der Waals surface area contributed by atoms with E-state index in [1.165, 1.54) is 18.2 Å². The summed E-state index contributed by atoms with van der Waals surface area (Å²) in [5.41, 5.74) is 19.2. The van der Waals surface area contributed by atoms with Crippen LogP contribution in [0.25, 0.3) is 0 Å². The Bertz CT molecular complexity index is 1060. The van der Waals surface area contributed by atoms with Crippen LogP contribution >= 0.6 is 0 Å². The Labute approximate surface area is 155 Å². The zero-order valence-corrected chi connectivity index (χ0v) is 14.3. The van der Waals surface area contributed by atoms with Crippen molar-refractivity contribution in [3.05, 3.63) is 88.5 Å². The van der Waals surface area contributed by atoms with E-state index in [0.717, 1.165) is 0 Å². The molecular formula is C21H17N3O3. The van der Waals surface area contributed by atoms with E-state index in [0.29, 0.717) is 23.2 Å². The van der Waals surface area contributed by atoms with E-state index in [4.69, 9.17) is 17.2 Å². The van der Waals surface area contributed by atoms with E-state index in [2.05, 4.69) is 0 Å². The quantitative estimate of drug-likeness (QED) is 0.365. The number of hydrogen-bond donors (Lipinski definition) is 3. The van der Waals surface area contributed by atoms with Crippen LogP contribution in [0.5, 0.6) is 0 Å². The molecule has 27 heavy (non-hydrogen) atoms. The molecule has 0 aliphatic carbocycles. The maximum Gasteiger partial charge on any atom is 0.195 e. The van der Waals surface area contributed by atoms with Crippen molar-refractivity contribution in [1.29, 1.82) is 0 Å². The van der Waals surface area contributed by atoms with E-state index in [1.54, 1.807) is 42.5 Å². The number of carbonyl (C=O) groups excluding carboxylic acids is 3. The molecular weight excluding hydrogens is 342 g/mol. The van der Waals surface area contributed by atoms with Crippen LogP contribution in [0.2, 0.25) is 0 Å². The summed E-state index contributed by atoms with van der Waals surface area (Å²) < 4.78 is 0. The highest BCUT2D eigenvalue weighted by Gasteiger charge is 2.24. The lowest BCUT2D eigenvalue weighted by Gasteiger charge is -2.13. The van der Waals surface area contributed by atoms with Gasteiger partial charge in [-0.3, -0.25) is 14.4 Å². The second-order valence-corrected chi connectivity index (χ2v) is 6.01. The molecule has 0 heterocycles. The molecule has 0 atom stereocenters. The lowest BCUT2D eigenvalue weighted by Crippen LogP contribution is -2.15. The molecule has 3 rings (SSSR count). The van der Waals surface area contributed by atoms with E-state index in [1.807, 2.05) is 0 Å². The summed E-state index contributed by atoms with van der Waals surface area (Å²) in [7, 11) is 0. The van der Waals surface area contributed by atoms with Gasteiger partial charge in [-0.15, -0.1) is 0 Å². The van der Waals surface area contributed by atoms with Crippen molar-refractivity contribution >= 4 is 34.9 Å². The van der Waals surface area contributed by atoms with Crippen molar-refractivity contribution in [3.63, 3.8) is 0 Å². The molecule has 0 aliphatic rings. The molecule has 6 heteroatoms. The van der Waals surface area contributed by atoms with Gasteiger partial charge in [0.1, 0.15) is 0 Å². The lowest BCUT2D eigenvalue weighted by molar-refractivity contribution is 0.100. The molecule has 3 aromatic rings. The Morgan fingerprint density at radius 2 is 1.44 bits per heavy atom. The van der Waals surface area contributed by atoms with Crippen LogP contribution in [0, 0.1) is 0 Å². The molecule has 6 nitrogen and oxygen atoms in total. The minimum absolute atomic E-state index is 0.0213. The minimum atomic E-state index is -0.484.